The van der Waals surface area contributed by atoms with Crippen LogP contribution in [0.25, 0.3) is 0 Å². The van der Waals surface area contributed by atoms with Crippen molar-refractivity contribution in [2.24, 2.45) is 0 Å². The van der Waals surface area contributed by atoms with Crippen LogP contribution in [0.1, 0.15) is 57.8 Å². The zero-order valence-corrected chi connectivity index (χ0v) is 11.5. The lowest BCUT2D eigenvalue weighted by Crippen LogP contribution is -2.31. The van der Waals surface area contributed by atoms with E-state index < -0.39 is 0 Å². The third kappa shape index (κ3) is 5.39. The Morgan fingerprint density at radius 1 is 0.471 bits per heavy atom. The Bertz CT molecular complexity index is 157. The van der Waals surface area contributed by atoms with Crippen molar-refractivity contribution in [3.8, 4) is 0 Å². The van der Waals surface area contributed by atoms with Crippen LogP contribution in [0.15, 0.2) is 0 Å². The lowest BCUT2D eigenvalue weighted by Gasteiger charge is -2.23. The van der Waals surface area contributed by atoms with Crippen molar-refractivity contribution in [2.45, 2.75) is 57.8 Å². The Hall–Kier alpha value is -0.0800. The van der Waals surface area contributed by atoms with Crippen LogP contribution in [0.4, 0.5) is 0 Å². The third-order valence-electron chi connectivity index (χ3n) is 4.35. The van der Waals surface area contributed by atoms with Gasteiger partial charge in [-0.15, -0.1) is 0 Å². The summed E-state index contributed by atoms with van der Waals surface area (Å²) < 4.78 is 0. The zero-order chi connectivity index (χ0) is 11.8. The summed E-state index contributed by atoms with van der Waals surface area (Å²) in [5, 5.41) is 0. The molecule has 2 aliphatic rings. The van der Waals surface area contributed by atoms with E-state index in [4.69, 9.17) is 0 Å². The van der Waals surface area contributed by atoms with Crippen LogP contribution >= 0.6 is 0 Å². The molecular weight excluding hydrogens is 208 g/mol. The summed E-state index contributed by atoms with van der Waals surface area (Å²) in [5.74, 6) is 0. The molecule has 0 aliphatic carbocycles. The quantitative estimate of drug-likeness (QED) is 0.742. The highest BCUT2D eigenvalue weighted by molar-refractivity contribution is 4.67. The summed E-state index contributed by atoms with van der Waals surface area (Å²) in [7, 11) is 0. The Labute approximate surface area is 107 Å². The van der Waals surface area contributed by atoms with E-state index in [-0.39, 0.29) is 0 Å². The van der Waals surface area contributed by atoms with E-state index in [0.29, 0.717) is 0 Å². The highest BCUT2D eigenvalue weighted by atomic mass is 15.1. The zero-order valence-electron chi connectivity index (χ0n) is 11.5. The van der Waals surface area contributed by atoms with Gasteiger partial charge in [-0.3, -0.25) is 0 Å². The van der Waals surface area contributed by atoms with Gasteiger partial charge in [0.05, 0.1) is 0 Å². The third-order valence-corrected chi connectivity index (χ3v) is 4.35. The van der Waals surface area contributed by atoms with Gasteiger partial charge in [0.15, 0.2) is 0 Å². The molecule has 100 valence electrons. The normalized spacial score (nSPS) is 25.4. The fourth-order valence-electron chi connectivity index (χ4n) is 3.24. The maximum Gasteiger partial charge on any atom is -0.000655 e. The second kappa shape index (κ2) is 8.10. The topological polar surface area (TPSA) is 6.48 Å². The van der Waals surface area contributed by atoms with Crippen LogP contribution in [-0.4, -0.2) is 49.1 Å². The predicted octanol–water partition coefficient (Wildman–Crippen LogP) is 3.13. The molecule has 2 rings (SSSR count). The molecule has 2 heterocycles. The van der Waals surface area contributed by atoms with E-state index in [0.717, 1.165) is 0 Å². The smallest absolute Gasteiger partial charge is 0.000655 e. The van der Waals surface area contributed by atoms with Crippen LogP contribution < -0.4 is 0 Å². The summed E-state index contributed by atoms with van der Waals surface area (Å²) in [5.41, 5.74) is 0. The first-order chi connectivity index (χ1) is 8.45. The molecule has 0 aromatic heterocycles. The van der Waals surface area contributed by atoms with Crippen LogP contribution in [0, 0.1) is 0 Å². The molecule has 0 aromatic rings. The molecule has 2 heteroatoms. The second-order valence-corrected chi connectivity index (χ2v) is 5.87. The summed E-state index contributed by atoms with van der Waals surface area (Å²) in [6.45, 7) is 8.13. The van der Waals surface area contributed by atoms with Crippen molar-refractivity contribution in [3.63, 3.8) is 0 Å². The summed E-state index contributed by atoms with van der Waals surface area (Å²) in [6, 6.07) is 0. The standard InChI is InChI=1S/C15H30N2/c1-2-6-11-16(10-5-1)14-9-15-17-12-7-3-4-8-13-17/h1-15H2. The Balaban J connectivity index is 1.57. The summed E-state index contributed by atoms with van der Waals surface area (Å²) in [6.07, 6.45) is 13.0. The fourth-order valence-corrected chi connectivity index (χ4v) is 3.24. The van der Waals surface area contributed by atoms with Gasteiger partial charge in [0.25, 0.3) is 0 Å². The van der Waals surface area contributed by atoms with Gasteiger partial charge in [-0.25, -0.2) is 0 Å². The molecule has 0 unspecified atom stereocenters. The highest BCUT2D eigenvalue weighted by Crippen LogP contribution is 2.12. The monoisotopic (exact) mass is 238 g/mol. The molecular formula is C15H30N2. The molecule has 0 aromatic carbocycles. The van der Waals surface area contributed by atoms with Gasteiger partial charge in [0, 0.05) is 0 Å². The Morgan fingerprint density at radius 2 is 0.824 bits per heavy atom. The first-order valence-corrected chi connectivity index (χ1v) is 7.90. The van der Waals surface area contributed by atoms with Gasteiger partial charge in [-0.1, -0.05) is 25.7 Å². The predicted molar refractivity (Wildman–Crippen MR) is 74.4 cm³/mol. The molecule has 17 heavy (non-hydrogen) atoms. The first kappa shape index (κ1) is 13.4. The second-order valence-electron chi connectivity index (χ2n) is 5.87. The van der Waals surface area contributed by atoms with E-state index in [1.54, 1.807) is 0 Å². The number of likely N-dealkylation sites (tertiary alicyclic amines) is 2. The minimum atomic E-state index is 1.34. The van der Waals surface area contributed by atoms with Gasteiger partial charge in [-0.05, 0) is 71.4 Å². The van der Waals surface area contributed by atoms with E-state index in [9.17, 15) is 0 Å². The van der Waals surface area contributed by atoms with Crippen molar-refractivity contribution in [1.29, 1.82) is 0 Å². The summed E-state index contributed by atoms with van der Waals surface area (Å²) in [4.78, 5) is 5.40. The number of rotatable bonds is 4. The van der Waals surface area contributed by atoms with Crippen molar-refractivity contribution in [2.75, 3.05) is 39.3 Å². The number of hydrogen-bond acceptors (Lipinski definition) is 2. The van der Waals surface area contributed by atoms with Crippen molar-refractivity contribution >= 4 is 0 Å². The van der Waals surface area contributed by atoms with Gasteiger partial charge >= 0.3 is 0 Å². The van der Waals surface area contributed by atoms with E-state index >= 15 is 0 Å². The average molecular weight is 238 g/mol. The van der Waals surface area contributed by atoms with E-state index in [1.807, 2.05) is 0 Å². The molecule has 0 saturated carbocycles. The number of nitrogens with zero attached hydrogens (tertiary/aromatic N) is 2. The van der Waals surface area contributed by atoms with Crippen LogP contribution in [0.2, 0.25) is 0 Å². The van der Waals surface area contributed by atoms with Crippen LogP contribution in [-0.2, 0) is 0 Å². The molecule has 0 bridgehead atoms. The SMILES string of the molecule is C1CCCN(CCCN2CCCCCC2)CC1. The van der Waals surface area contributed by atoms with Crippen molar-refractivity contribution in [1.82, 2.24) is 9.80 Å². The largest absolute Gasteiger partial charge is 0.303 e. The molecule has 0 radical (unpaired) electrons. The lowest BCUT2D eigenvalue weighted by molar-refractivity contribution is 0.235. The minimum absolute atomic E-state index is 1.34. The number of hydrogen-bond donors (Lipinski definition) is 0. The molecule has 0 amide bonds. The highest BCUT2D eigenvalue weighted by Gasteiger charge is 2.11. The maximum absolute atomic E-state index is 2.70. The molecule has 2 nitrogen and oxygen atoms in total. The summed E-state index contributed by atoms with van der Waals surface area (Å²) >= 11 is 0. The molecule has 2 fully saturated rings. The molecule has 0 N–H and O–H groups in total. The van der Waals surface area contributed by atoms with Crippen molar-refractivity contribution < 1.29 is 0 Å². The Kier molecular flexibility index (Phi) is 6.36. The lowest BCUT2D eigenvalue weighted by atomic mass is 10.2. The van der Waals surface area contributed by atoms with Gasteiger partial charge < -0.3 is 9.80 Å². The fraction of sp³-hybridized carbons (Fsp3) is 1.00. The van der Waals surface area contributed by atoms with E-state index in [1.165, 1.54) is 97.1 Å². The van der Waals surface area contributed by atoms with Gasteiger partial charge in [-0.2, -0.15) is 0 Å². The molecule has 2 saturated heterocycles. The molecule has 0 spiro atoms. The Morgan fingerprint density at radius 3 is 1.18 bits per heavy atom. The van der Waals surface area contributed by atoms with Crippen molar-refractivity contribution in [3.05, 3.63) is 0 Å². The van der Waals surface area contributed by atoms with Gasteiger partial charge in [0.1, 0.15) is 0 Å². The molecule has 0 atom stereocenters. The molecule has 2 aliphatic heterocycles. The first-order valence-electron chi connectivity index (χ1n) is 7.90. The van der Waals surface area contributed by atoms with Crippen LogP contribution in [0.3, 0.4) is 0 Å². The maximum atomic E-state index is 2.70. The van der Waals surface area contributed by atoms with Gasteiger partial charge in [0.2, 0.25) is 0 Å². The minimum Gasteiger partial charge on any atom is -0.303 e. The van der Waals surface area contributed by atoms with Crippen LogP contribution in [0.5, 0.6) is 0 Å². The average Bonchev–Trinajstić information content (AvgIpc) is 2.73. The van der Waals surface area contributed by atoms with E-state index in [2.05, 4.69) is 9.80 Å².